The highest BCUT2D eigenvalue weighted by Crippen LogP contribution is 2.46. The average Bonchev–Trinajstić information content (AvgIpc) is 2.90. The van der Waals surface area contributed by atoms with Crippen LogP contribution in [-0.2, 0) is 10.0 Å². The largest absolute Gasteiger partial charge is 0.326 e. The Labute approximate surface area is 129 Å². The number of H-pyrrole nitrogens is 1. The summed E-state index contributed by atoms with van der Waals surface area (Å²) in [5, 5.41) is -0.0969. The molecule has 3 rings (SSSR count). The van der Waals surface area contributed by atoms with E-state index in [1.54, 1.807) is 0 Å². The number of nitrogens with zero attached hydrogens (tertiary/aromatic N) is 1. The van der Waals surface area contributed by atoms with E-state index in [9.17, 15) is 13.2 Å². The number of halogens is 1. The van der Waals surface area contributed by atoms with Gasteiger partial charge in [-0.1, -0.05) is 24.4 Å². The molecule has 0 amide bonds. The maximum Gasteiger partial charge on any atom is 0.266 e. The van der Waals surface area contributed by atoms with Crippen LogP contribution in [0, 0.1) is 5.41 Å². The average molecular weight is 331 g/mol. The lowest BCUT2D eigenvalue weighted by Crippen LogP contribution is -2.42. The Balaban J connectivity index is 1.80. The lowest BCUT2D eigenvalue weighted by Gasteiger charge is -2.38. The fraction of sp³-hybridized carbons (Fsp3) is 0.643. The molecule has 1 spiro atoms. The van der Waals surface area contributed by atoms with Crippen molar-refractivity contribution < 1.29 is 8.42 Å². The van der Waals surface area contributed by atoms with Gasteiger partial charge in [-0.25, -0.2) is 8.42 Å². The van der Waals surface area contributed by atoms with E-state index in [4.69, 9.17) is 11.6 Å². The summed E-state index contributed by atoms with van der Waals surface area (Å²) in [5.41, 5.74) is -0.103. The molecule has 5 nitrogen and oxygen atoms in total. The molecule has 116 valence electrons. The van der Waals surface area contributed by atoms with Crippen LogP contribution in [0.2, 0.25) is 5.02 Å². The number of pyridine rings is 1. The van der Waals surface area contributed by atoms with Crippen molar-refractivity contribution in [3.63, 3.8) is 0 Å². The molecule has 1 aromatic rings. The van der Waals surface area contributed by atoms with Gasteiger partial charge in [0.05, 0.1) is 4.90 Å². The molecule has 1 saturated heterocycles. The third-order valence-corrected chi connectivity index (χ3v) is 7.07. The Morgan fingerprint density at radius 2 is 1.76 bits per heavy atom. The predicted octanol–water partition coefficient (Wildman–Crippen LogP) is 2.37. The quantitative estimate of drug-likeness (QED) is 0.905. The van der Waals surface area contributed by atoms with Crippen LogP contribution in [0.25, 0.3) is 0 Å². The van der Waals surface area contributed by atoms with Gasteiger partial charge >= 0.3 is 0 Å². The van der Waals surface area contributed by atoms with Gasteiger partial charge in [0.2, 0.25) is 10.0 Å². The molecule has 0 aromatic carbocycles. The molecule has 1 aliphatic heterocycles. The monoisotopic (exact) mass is 330 g/mol. The van der Waals surface area contributed by atoms with Crippen LogP contribution in [0.3, 0.4) is 0 Å². The summed E-state index contributed by atoms with van der Waals surface area (Å²) in [4.78, 5) is 13.7. The second-order valence-corrected chi connectivity index (χ2v) is 8.47. The Morgan fingerprint density at radius 1 is 1.14 bits per heavy atom. The van der Waals surface area contributed by atoms with E-state index in [1.807, 2.05) is 0 Å². The molecule has 0 atom stereocenters. The standard InChI is InChI=1S/C14H19ClN2O3S/c15-12-9-11(10-16-13(12)18)21(19,20)17-7-5-14(6-8-17)3-1-2-4-14/h9-10H,1-8H2,(H,16,18). The summed E-state index contributed by atoms with van der Waals surface area (Å²) in [5.74, 6) is 0. The van der Waals surface area contributed by atoms with Crippen LogP contribution >= 0.6 is 11.6 Å². The smallest absolute Gasteiger partial charge is 0.266 e. The van der Waals surface area contributed by atoms with E-state index >= 15 is 0 Å². The molecule has 1 saturated carbocycles. The molecule has 2 fully saturated rings. The molecule has 1 aliphatic carbocycles. The topological polar surface area (TPSA) is 70.2 Å². The van der Waals surface area contributed by atoms with Crippen LogP contribution in [-0.4, -0.2) is 30.8 Å². The zero-order valence-electron chi connectivity index (χ0n) is 11.8. The summed E-state index contributed by atoms with van der Waals surface area (Å²) in [6.07, 6.45) is 8.08. The number of aromatic amines is 1. The number of hydrogen-bond donors (Lipinski definition) is 1. The first-order chi connectivity index (χ1) is 9.93. The summed E-state index contributed by atoms with van der Waals surface area (Å²) in [6, 6.07) is 1.23. The van der Waals surface area contributed by atoms with Crippen molar-refractivity contribution in [2.24, 2.45) is 5.41 Å². The highest BCUT2D eigenvalue weighted by Gasteiger charge is 2.40. The highest BCUT2D eigenvalue weighted by atomic mass is 35.5. The molecule has 0 bridgehead atoms. The Bertz CT molecular complexity index is 682. The van der Waals surface area contributed by atoms with Crippen LogP contribution in [0.5, 0.6) is 0 Å². The molecule has 21 heavy (non-hydrogen) atoms. The third-order valence-electron chi connectivity index (χ3n) is 4.92. The molecule has 0 radical (unpaired) electrons. The zero-order valence-corrected chi connectivity index (χ0v) is 13.3. The Morgan fingerprint density at radius 3 is 2.33 bits per heavy atom. The molecule has 7 heteroatoms. The van der Waals surface area contributed by atoms with Crippen LogP contribution in [0.1, 0.15) is 38.5 Å². The summed E-state index contributed by atoms with van der Waals surface area (Å²) in [7, 11) is -3.57. The van der Waals surface area contributed by atoms with Crippen molar-refractivity contribution in [2.75, 3.05) is 13.1 Å². The second-order valence-electron chi connectivity index (χ2n) is 6.12. The van der Waals surface area contributed by atoms with Gasteiger partial charge in [-0.15, -0.1) is 0 Å². The van der Waals surface area contributed by atoms with Gasteiger partial charge in [0.15, 0.2) is 0 Å². The minimum atomic E-state index is -3.57. The number of piperidine rings is 1. The van der Waals surface area contributed by atoms with Gasteiger partial charge in [-0.05, 0) is 37.2 Å². The lowest BCUT2D eigenvalue weighted by molar-refractivity contribution is 0.160. The summed E-state index contributed by atoms with van der Waals surface area (Å²) in [6.45, 7) is 1.11. The minimum absolute atomic E-state index is 0.0643. The number of sulfonamides is 1. The minimum Gasteiger partial charge on any atom is -0.326 e. The van der Waals surface area contributed by atoms with Gasteiger partial charge in [0.1, 0.15) is 5.02 Å². The van der Waals surface area contributed by atoms with Crippen molar-refractivity contribution >= 4 is 21.6 Å². The highest BCUT2D eigenvalue weighted by molar-refractivity contribution is 7.89. The first-order valence-electron chi connectivity index (χ1n) is 7.31. The van der Waals surface area contributed by atoms with Crippen molar-refractivity contribution in [1.82, 2.24) is 9.29 Å². The zero-order chi connectivity index (χ0) is 15.1. The van der Waals surface area contributed by atoms with Gasteiger partial charge in [0.25, 0.3) is 5.56 Å². The molecule has 1 aromatic heterocycles. The molecule has 2 heterocycles. The van der Waals surface area contributed by atoms with Crippen molar-refractivity contribution in [1.29, 1.82) is 0 Å². The molecule has 1 N–H and O–H groups in total. The molecule has 0 unspecified atom stereocenters. The Hall–Kier alpha value is -0.850. The SMILES string of the molecule is O=c1[nH]cc(S(=O)(=O)N2CCC3(CCCC3)CC2)cc1Cl. The number of hydrogen-bond acceptors (Lipinski definition) is 3. The van der Waals surface area contributed by atoms with E-state index in [2.05, 4.69) is 4.98 Å². The first kappa shape index (κ1) is 15.1. The van der Waals surface area contributed by atoms with Crippen LogP contribution < -0.4 is 5.56 Å². The molecular formula is C14H19ClN2O3S. The summed E-state index contributed by atoms with van der Waals surface area (Å²) < 4.78 is 26.7. The third kappa shape index (κ3) is 2.76. The van der Waals surface area contributed by atoms with Crippen molar-refractivity contribution in [2.45, 2.75) is 43.4 Å². The Kier molecular flexibility index (Phi) is 3.88. The fourth-order valence-corrected chi connectivity index (χ4v) is 5.23. The van der Waals surface area contributed by atoms with Gasteiger partial charge in [-0.3, -0.25) is 4.79 Å². The summed E-state index contributed by atoms with van der Waals surface area (Å²) >= 11 is 5.73. The molecule has 2 aliphatic rings. The van der Waals surface area contributed by atoms with Crippen LogP contribution in [0.15, 0.2) is 22.0 Å². The number of nitrogens with one attached hydrogen (secondary N) is 1. The normalized spacial score (nSPS) is 22.7. The van der Waals surface area contributed by atoms with E-state index < -0.39 is 15.6 Å². The second kappa shape index (κ2) is 5.41. The van der Waals surface area contributed by atoms with Crippen molar-refractivity contribution in [3.05, 3.63) is 27.6 Å². The lowest BCUT2D eigenvalue weighted by atomic mass is 9.78. The maximum absolute atomic E-state index is 12.6. The number of aromatic nitrogens is 1. The van der Waals surface area contributed by atoms with E-state index in [0.29, 0.717) is 18.5 Å². The van der Waals surface area contributed by atoms with E-state index in [0.717, 1.165) is 12.8 Å². The van der Waals surface area contributed by atoms with Gasteiger partial charge in [0, 0.05) is 19.3 Å². The van der Waals surface area contributed by atoms with Crippen molar-refractivity contribution in [3.8, 4) is 0 Å². The number of rotatable bonds is 2. The first-order valence-corrected chi connectivity index (χ1v) is 9.13. The van der Waals surface area contributed by atoms with Gasteiger partial charge < -0.3 is 4.98 Å². The van der Waals surface area contributed by atoms with E-state index in [-0.39, 0.29) is 9.92 Å². The fourth-order valence-electron chi connectivity index (χ4n) is 3.56. The van der Waals surface area contributed by atoms with E-state index in [1.165, 1.54) is 42.3 Å². The predicted molar refractivity (Wildman–Crippen MR) is 81.0 cm³/mol. The van der Waals surface area contributed by atoms with Crippen LogP contribution in [0.4, 0.5) is 0 Å². The van der Waals surface area contributed by atoms with Gasteiger partial charge in [-0.2, -0.15) is 4.31 Å². The maximum atomic E-state index is 12.6. The molecular weight excluding hydrogens is 312 g/mol.